The molecule has 2 N–H and O–H groups in total. The Kier molecular flexibility index (Phi) is 4.75. The number of fused-ring (bicyclic) bond motifs is 1. The quantitative estimate of drug-likeness (QED) is 0.701. The van der Waals surface area contributed by atoms with Gasteiger partial charge in [0.15, 0.2) is 5.69 Å². The van der Waals surface area contributed by atoms with Crippen molar-refractivity contribution >= 4 is 11.4 Å². The van der Waals surface area contributed by atoms with E-state index in [4.69, 9.17) is 0 Å². The van der Waals surface area contributed by atoms with Crippen molar-refractivity contribution in [1.29, 1.82) is 0 Å². The lowest BCUT2D eigenvalue weighted by atomic mass is 10.1. The highest BCUT2D eigenvalue weighted by Crippen LogP contribution is 2.24. The predicted octanol–water partition coefficient (Wildman–Crippen LogP) is 1.50. The van der Waals surface area contributed by atoms with Crippen LogP contribution in [0.1, 0.15) is 28.9 Å². The molecule has 0 spiro atoms. The molecule has 4 heterocycles. The molecule has 0 unspecified atom stereocenters. The summed E-state index contributed by atoms with van der Waals surface area (Å²) in [7, 11) is 0. The van der Waals surface area contributed by atoms with Gasteiger partial charge in [-0.05, 0) is 38.1 Å². The summed E-state index contributed by atoms with van der Waals surface area (Å²) in [6, 6.07) is 3.32. The summed E-state index contributed by atoms with van der Waals surface area (Å²) >= 11 is 0. The minimum Gasteiger partial charge on any atom is -0.348 e. The van der Waals surface area contributed by atoms with Crippen LogP contribution in [0, 0.1) is 0 Å². The first-order valence-corrected chi connectivity index (χ1v) is 8.86. The van der Waals surface area contributed by atoms with Gasteiger partial charge < -0.3 is 10.6 Å². The highest BCUT2D eigenvalue weighted by atomic mass is 19.4. The van der Waals surface area contributed by atoms with E-state index >= 15 is 0 Å². The summed E-state index contributed by atoms with van der Waals surface area (Å²) in [4.78, 5) is 12.6. The standard InChI is InChI=1S/C17H18F3N7O/c18-17(19,20)7-11-9-26(14-2-1-13-8-22-25-27(13)10-14)24-15(11)16(28)23-12-3-5-21-6-4-12/h1-2,8-10,12,21H,3-7H2,(H,23,28). The molecule has 0 aromatic carbocycles. The van der Waals surface area contributed by atoms with Crippen molar-refractivity contribution in [3.63, 3.8) is 0 Å². The first kappa shape index (κ1) is 18.4. The number of amides is 1. The normalized spacial score (nSPS) is 15.8. The lowest BCUT2D eigenvalue weighted by Crippen LogP contribution is -2.43. The number of piperidine rings is 1. The average molecular weight is 393 g/mol. The maximum Gasteiger partial charge on any atom is 0.393 e. The molecule has 1 fully saturated rings. The number of aromatic nitrogens is 5. The third-order valence-corrected chi connectivity index (χ3v) is 4.62. The van der Waals surface area contributed by atoms with E-state index in [0.29, 0.717) is 5.69 Å². The molecule has 3 aromatic rings. The van der Waals surface area contributed by atoms with Crippen LogP contribution >= 0.6 is 0 Å². The highest BCUT2D eigenvalue weighted by Gasteiger charge is 2.32. The minimum atomic E-state index is -4.45. The minimum absolute atomic E-state index is 0.0795. The van der Waals surface area contributed by atoms with Gasteiger partial charge >= 0.3 is 6.18 Å². The fourth-order valence-corrected chi connectivity index (χ4v) is 3.24. The Morgan fingerprint density at radius 1 is 1.25 bits per heavy atom. The molecule has 8 nitrogen and oxygen atoms in total. The summed E-state index contributed by atoms with van der Waals surface area (Å²) in [5.41, 5.74) is 0.824. The van der Waals surface area contributed by atoms with Crippen LogP contribution in [0.4, 0.5) is 13.2 Å². The van der Waals surface area contributed by atoms with Crippen LogP contribution in [0.2, 0.25) is 0 Å². The van der Waals surface area contributed by atoms with E-state index in [9.17, 15) is 18.0 Å². The molecule has 3 aromatic heterocycles. The lowest BCUT2D eigenvalue weighted by molar-refractivity contribution is -0.127. The fourth-order valence-electron chi connectivity index (χ4n) is 3.24. The van der Waals surface area contributed by atoms with E-state index in [-0.39, 0.29) is 17.3 Å². The molecule has 0 bridgehead atoms. The molecule has 0 radical (unpaired) electrons. The number of nitrogens with zero attached hydrogens (tertiary/aromatic N) is 5. The summed E-state index contributed by atoms with van der Waals surface area (Å²) in [5.74, 6) is -0.591. The molecule has 1 aliphatic heterocycles. The monoisotopic (exact) mass is 393 g/mol. The Morgan fingerprint density at radius 2 is 2.04 bits per heavy atom. The number of alkyl halides is 3. The number of halogens is 3. The van der Waals surface area contributed by atoms with E-state index in [1.54, 1.807) is 24.5 Å². The van der Waals surface area contributed by atoms with E-state index in [1.165, 1.54) is 15.4 Å². The van der Waals surface area contributed by atoms with Crippen molar-refractivity contribution in [2.24, 2.45) is 0 Å². The second kappa shape index (κ2) is 7.23. The van der Waals surface area contributed by atoms with Gasteiger partial charge in [0.25, 0.3) is 5.91 Å². The van der Waals surface area contributed by atoms with E-state index in [0.717, 1.165) is 31.4 Å². The molecule has 11 heteroatoms. The number of hydrogen-bond acceptors (Lipinski definition) is 5. The van der Waals surface area contributed by atoms with E-state index < -0.39 is 18.5 Å². The van der Waals surface area contributed by atoms with Crippen molar-refractivity contribution in [2.45, 2.75) is 31.5 Å². The average Bonchev–Trinajstić information content (AvgIpc) is 3.27. The largest absolute Gasteiger partial charge is 0.393 e. The van der Waals surface area contributed by atoms with Gasteiger partial charge in [0.2, 0.25) is 0 Å². The van der Waals surface area contributed by atoms with Crippen LogP contribution in [0.3, 0.4) is 0 Å². The molecule has 4 rings (SSSR count). The number of carbonyl (C=O) groups is 1. The third kappa shape index (κ3) is 3.98. The van der Waals surface area contributed by atoms with Crippen LogP contribution in [0.5, 0.6) is 0 Å². The predicted molar refractivity (Wildman–Crippen MR) is 93.2 cm³/mol. The third-order valence-electron chi connectivity index (χ3n) is 4.62. The fraction of sp³-hybridized carbons (Fsp3) is 0.412. The van der Waals surface area contributed by atoms with Crippen molar-refractivity contribution in [1.82, 2.24) is 35.2 Å². The van der Waals surface area contributed by atoms with Crippen LogP contribution < -0.4 is 10.6 Å². The maximum absolute atomic E-state index is 13.0. The highest BCUT2D eigenvalue weighted by molar-refractivity contribution is 5.94. The van der Waals surface area contributed by atoms with Gasteiger partial charge in [0.1, 0.15) is 0 Å². The Morgan fingerprint density at radius 3 is 2.79 bits per heavy atom. The van der Waals surface area contributed by atoms with Crippen molar-refractivity contribution < 1.29 is 18.0 Å². The molecular formula is C17H18F3N7O. The topological polar surface area (TPSA) is 89.1 Å². The van der Waals surface area contributed by atoms with E-state index in [1.807, 2.05) is 0 Å². The van der Waals surface area contributed by atoms with E-state index in [2.05, 4.69) is 26.0 Å². The number of hydrogen-bond donors (Lipinski definition) is 2. The second-order valence-corrected chi connectivity index (χ2v) is 6.73. The Labute approximate surface area is 157 Å². The van der Waals surface area contributed by atoms with Crippen molar-refractivity contribution in [2.75, 3.05) is 13.1 Å². The molecule has 0 saturated carbocycles. The van der Waals surface area contributed by atoms with Crippen LogP contribution in [0.15, 0.2) is 30.7 Å². The first-order chi connectivity index (χ1) is 13.4. The molecular weight excluding hydrogens is 375 g/mol. The molecule has 1 amide bonds. The summed E-state index contributed by atoms with van der Waals surface area (Å²) in [6.45, 7) is 1.51. The smallest absolute Gasteiger partial charge is 0.348 e. The molecule has 0 atom stereocenters. The summed E-state index contributed by atoms with van der Waals surface area (Å²) in [6.07, 6.45) is 0.152. The molecule has 1 saturated heterocycles. The van der Waals surface area contributed by atoms with Crippen molar-refractivity contribution in [3.05, 3.63) is 42.0 Å². The molecule has 28 heavy (non-hydrogen) atoms. The van der Waals surface area contributed by atoms with Crippen LogP contribution in [-0.2, 0) is 6.42 Å². The van der Waals surface area contributed by atoms with Gasteiger partial charge in [-0.3, -0.25) is 4.79 Å². The SMILES string of the molecule is O=C(NC1CCNCC1)c1nn(-c2ccc3cnnn3c2)cc1CC(F)(F)F. The van der Waals surface area contributed by atoms with Gasteiger partial charge in [-0.2, -0.15) is 18.3 Å². The van der Waals surface area contributed by atoms with Crippen molar-refractivity contribution in [3.8, 4) is 5.69 Å². The number of rotatable bonds is 4. The Balaban J connectivity index is 1.66. The summed E-state index contributed by atoms with van der Waals surface area (Å²) in [5, 5.41) is 17.8. The van der Waals surface area contributed by atoms with Gasteiger partial charge in [0, 0.05) is 17.8 Å². The molecule has 148 valence electrons. The summed E-state index contributed by atoms with van der Waals surface area (Å²) < 4.78 is 41.8. The van der Waals surface area contributed by atoms with Gasteiger partial charge in [-0.25, -0.2) is 9.20 Å². The van der Waals surface area contributed by atoms with Gasteiger partial charge in [-0.1, -0.05) is 5.21 Å². The van der Waals surface area contributed by atoms with Gasteiger partial charge in [-0.15, -0.1) is 5.10 Å². The van der Waals surface area contributed by atoms with Gasteiger partial charge in [0.05, 0.1) is 30.0 Å². The Bertz CT molecular complexity index is 988. The zero-order valence-electron chi connectivity index (χ0n) is 14.8. The zero-order chi connectivity index (χ0) is 19.7. The second-order valence-electron chi connectivity index (χ2n) is 6.73. The Hall–Kier alpha value is -2.95. The number of pyridine rings is 1. The number of nitrogens with one attached hydrogen (secondary N) is 2. The molecule has 1 aliphatic rings. The first-order valence-electron chi connectivity index (χ1n) is 8.86. The lowest BCUT2D eigenvalue weighted by Gasteiger charge is -2.23. The maximum atomic E-state index is 13.0. The molecule has 0 aliphatic carbocycles. The zero-order valence-corrected chi connectivity index (χ0v) is 14.8. The number of carbonyl (C=O) groups excluding carboxylic acids is 1. The van der Waals surface area contributed by atoms with Crippen LogP contribution in [0.25, 0.3) is 11.2 Å². The van der Waals surface area contributed by atoms with Crippen LogP contribution in [-0.4, -0.2) is 55.8 Å².